The van der Waals surface area contributed by atoms with Crippen molar-refractivity contribution in [1.82, 2.24) is 30.7 Å². The molecule has 0 spiro atoms. The first kappa shape index (κ1) is 22.7. The van der Waals surface area contributed by atoms with Crippen molar-refractivity contribution in [3.8, 4) is 17.3 Å². The molecule has 170 valence electrons. The number of nitrogens with one attached hydrogen (secondary N) is 2. The molecule has 32 heavy (non-hydrogen) atoms. The lowest BCUT2D eigenvalue weighted by Crippen LogP contribution is -3.10. The summed E-state index contributed by atoms with van der Waals surface area (Å²) in [7, 11) is 3.10. The van der Waals surface area contributed by atoms with Crippen LogP contribution in [0, 0.1) is 0 Å². The first-order valence-electron chi connectivity index (χ1n) is 9.94. The molecule has 0 aliphatic rings. The van der Waals surface area contributed by atoms with Gasteiger partial charge in [-0.05, 0) is 36.3 Å². The minimum Gasteiger partial charge on any atom is -0.497 e. The van der Waals surface area contributed by atoms with E-state index in [1.54, 1.807) is 25.3 Å². The molecule has 0 bridgehead atoms. The zero-order valence-corrected chi connectivity index (χ0v) is 18.3. The third-order valence-electron chi connectivity index (χ3n) is 4.90. The molecule has 2 aromatic heterocycles. The van der Waals surface area contributed by atoms with Crippen LogP contribution in [0.4, 0.5) is 5.82 Å². The molecule has 0 saturated carbocycles. The number of carbonyl (C=O) groups excluding carboxylic acids is 1. The number of hydrazone groups is 1. The molecule has 0 saturated heterocycles. The second-order valence-electron chi connectivity index (χ2n) is 6.71. The van der Waals surface area contributed by atoms with Crippen molar-refractivity contribution in [3.05, 3.63) is 35.2 Å². The van der Waals surface area contributed by atoms with Crippen molar-refractivity contribution in [2.75, 3.05) is 33.0 Å². The normalized spacial score (nSPS) is 11.3. The van der Waals surface area contributed by atoms with E-state index in [1.165, 1.54) is 22.9 Å². The molecule has 4 N–H and O–H groups in total. The minimum atomic E-state index is -0.531. The van der Waals surface area contributed by atoms with Crippen molar-refractivity contribution in [1.29, 1.82) is 0 Å². The molecule has 1 amide bonds. The minimum absolute atomic E-state index is 0.0438. The molecule has 13 heteroatoms. The predicted molar refractivity (Wildman–Crippen MR) is 114 cm³/mol. The zero-order valence-electron chi connectivity index (χ0n) is 18.3. The molecule has 0 fully saturated rings. The maximum absolute atomic E-state index is 12.8. The second-order valence-corrected chi connectivity index (χ2v) is 6.71. The molecule has 3 aromatic rings. The van der Waals surface area contributed by atoms with Crippen LogP contribution in [0.15, 0.2) is 27.9 Å². The number of nitrogens with zero attached hydrogens (tertiary/aromatic N) is 6. The zero-order chi connectivity index (χ0) is 23.1. The summed E-state index contributed by atoms with van der Waals surface area (Å²) < 4.78 is 16.5. The molecule has 13 nitrogen and oxygen atoms in total. The molecule has 0 aliphatic carbocycles. The molecule has 0 unspecified atom stereocenters. The molecule has 0 aliphatic heterocycles. The Morgan fingerprint density at radius 2 is 2.06 bits per heavy atom. The number of rotatable bonds is 10. The van der Waals surface area contributed by atoms with E-state index in [-0.39, 0.29) is 17.3 Å². The fourth-order valence-electron chi connectivity index (χ4n) is 3.02. The first-order valence-corrected chi connectivity index (χ1v) is 9.94. The van der Waals surface area contributed by atoms with Gasteiger partial charge in [0, 0.05) is 11.6 Å². The van der Waals surface area contributed by atoms with E-state index in [2.05, 4.69) is 35.8 Å². The highest BCUT2D eigenvalue weighted by atomic mass is 16.6. The fourth-order valence-corrected chi connectivity index (χ4v) is 3.02. The molecular formula is C19H26N9O4+. The van der Waals surface area contributed by atoms with Gasteiger partial charge in [-0.3, -0.25) is 4.79 Å². The van der Waals surface area contributed by atoms with Crippen molar-refractivity contribution in [2.45, 2.75) is 20.4 Å². The van der Waals surface area contributed by atoms with Crippen LogP contribution in [0.25, 0.3) is 5.82 Å². The summed E-state index contributed by atoms with van der Waals surface area (Å²) >= 11 is 0. The maximum Gasteiger partial charge on any atom is 0.294 e. The summed E-state index contributed by atoms with van der Waals surface area (Å²) in [5.74, 6) is 0.876. The quantitative estimate of drug-likeness (QED) is 0.275. The number of quaternary nitrogens is 1. The van der Waals surface area contributed by atoms with E-state index < -0.39 is 5.91 Å². The topological polar surface area (TPSA) is 160 Å². The number of methoxy groups -OCH3 is 2. The summed E-state index contributed by atoms with van der Waals surface area (Å²) in [5.41, 5.74) is 9.56. The fraction of sp³-hybridized carbons (Fsp3) is 0.368. The third-order valence-corrected chi connectivity index (χ3v) is 4.90. The van der Waals surface area contributed by atoms with Crippen LogP contribution in [-0.4, -0.2) is 64.7 Å². The average Bonchev–Trinajstić information content (AvgIpc) is 3.42. The highest BCUT2D eigenvalue weighted by molar-refractivity contribution is 5.94. The molecule has 1 aromatic carbocycles. The lowest BCUT2D eigenvalue weighted by molar-refractivity contribution is -0.910. The van der Waals surface area contributed by atoms with E-state index in [0.717, 1.165) is 13.1 Å². The lowest BCUT2D eigenvalue weighted by atomic mass is 10.2. The monoisotopic (exact) mass is 444 g/mol. The molecule has 0 atom stereocenters. The van der Waals surface area contributed by atoms with Crippen LogP contribution in [0.1, 0.15) is 35.6 Å². The van der Waals surface area contributed by atoms with E-state index in [0.29, 0.717) is 29.3 Å². The Labute approximate surface area is 184 Å². The van der Waals surface area contributed by atoms with Gasteiger partial charge >= 0.3 is 0 Å². The number of carbonyl (C=O) groups is 1. The summed E-state index contributed by atoms with van der Waals surface area (Å²) in [6.07, 6.45) is 1.47. The largest absolute Gasteiger partial charge is 0.497 e. The molecular weight excluding hydrogens is 418 g/mol. The van der Waals surface area contributed by atoms with Crippen molar-refractivity contribution in [3.63, 3.8) is 0 Å². The van der Waals surface area contributed by atoms with E-state index in [9.17, 15) is 4.79 Å². The number of hydrogen-bond donors (Lipinski definition) is 3. The van der Waals surface area contributed by atoms with Gasteiger partial charge in [0.1, 0.15) is 23.7 Å². The molecule has 2 heterocycles. The Hall–Kier alpha value is -4.00. The number of hydrogen-bond acceptors (Lipinski definition) is 10. The first-order chi connectivity index (χ1) is 15.5. The highest BCUT2D eigenvalue weighted by Gasteiger charge is 2.26. The Balaban J connectivity index is 1.85. The van der Waals surface area contributed by atoms with Crippen LogP contribution in [-0.2, 0) is 6.54 Å². The Morgan fingerprint density at radius 1 is 1.28 bits per heavy atom. The van der Waals surface area contributed by atoms with Crippen molar-refractivity contribution >= 4 is 17.9 Å². The lowest BCUT2D eigenvalue weighted by Gasteiger charge is -2.15. The van der Waals surface area contributed by atoms with Gasteiger partial charge in [0.2, 0.25) is 11.6 Å². The summed E-state index contributed by atoms with van der Waals surface area (Å²) in [5, 5.41) is 19.4. The highest BCUT2D eigenvalue weighted by Crippen LogP contribution is 2.23. The second kappa shape index (κ2) is 10.3. The average molecular weight is 444 g/mol. The number of amides is 1. The van der Waals surface area contributed by atoms with Gasteiger partial charge in [-0.2, -0.15) is 9.78 Å². The number of nitrogens with two attached hydrogens (primary N) is 1. The Kier molecular flexibility index (Phi) is 7.33. The number of benzene rings is 1. The van der Waals surface area contributed by atoms with Gasteiger partial charge in [0.05, 0.1) is 33.5 Å². The van der Waals surface area contributed by atoms with E-state index >= 15 is 0 Å². The number of nitrogen functional groups attached to an aromatic ring is 1. The van der Waals surface area contributed by atoms with Crippen molar-refractivity contribution in [2.24, 2.45) is 5.10 Å². The van der Waals surface area contributed by atoms with Gasteiger partial charge < -0.3 is 20.1 Å². The summed E-state index contributed by atoms with van der Waals surface area (Å²) in [6.45, 7) is 6.23. The van der Waals surface area contributed by atoms with E-state index in [1.807, 2.05) is 13.8 Å². The van der Waals surface area contributed by atoms with Gasteiger partial charge in [-0.15, -0.1) is 5.10 Å². The van der Waals surface area contributed by atoms with Crippen LogP contribution < -0.4 is 25.5 Å². The van der Waals surface area contributed by atoms with Gasteiger partial charge in [-0.25, -0.2) is 10.1 Å². The SMILES string of the molecule is CC[NH+](CC)Cc1c(C(=O)N/N=C\c2ccc(OC)cc2OC)nnn1-c1nonc1N. The molecule has 0 radical (unpaired) electrons. The standard InChI is InChI=1S/C19H25N9O4/c1-5-27(6-2)11-14-16(22-26-28(14)18-17(20)24-32-25-18)19(29)23-21-10-12-7-8-13(30-3)9-15(12)31-4/h7-10H,5-6,11H2,1-4H3,(H2,20,24)(H,23,29)/p+1/b21-10-. The third kappa shape index (κ3) is 4.83. The molecule has 3 rings (SSSR count). The Morgan fingerprint density at radius 3 is 2.69 bits per heavy atom. The maximum atomic E-state index is 12.8. The smallest absolute Gasteiger partial charge is 0.294 e. The van der Waals surface area contributed by atoms with Gasteiger partial charge in [0.25, 0.3) is 5.91 Å². The number of ether oxygens (including phenoxy) is 2. The van der Waals surface area contributed by atoms with Gasteiger partial charge in [0.15, 0.2) is 5.69 Å². The van der Waals surface area contributed by atoms with Crippen LogP contribution in [0.2, 0.25) is 0 Å². The van der Waals surface area contributed by atoms with Crippen molar-refractivity contribution < 1.29 is 23.8 Å². The summed E-state index contributed by atoms with van der Waals surface area (Å²) in [6, 6.07) is 5.24. The number of anilines is 1. The van der Waals surface area contributed by atoms with E-state index in [4.69, 9.17) is 15.2 Å². The summed E-state index contributed by atoms with van der Waals surface area (Å²) in [4.78, 5) is 14.0. The number of aromatic nitrogens is 5. The van der Waals surface area contributed by atoms with Crippen LogP contribution in [0.3, 0.4) is 0 Å². The Bertz CT molecular complexity index is 1090. The van der Waals surface area contributed by atoms with Gasteiger partial charge in [-0.1, -0.05) is 5.21 Å². The van der Waals surface area contributed by atoms with Crippen LogP contribution in [0.5, 0.6) is 11.5 Å². The predicted octanol–water partition coefficient (Wildman–Crippen LogP) is -0.562. The van der Waals surface area contributed by atoms with Crippen LogP contribution >= 0.6 is 0 Å².